The number of hydrogen-bond donors (Lipinski definition) is 0. The van der Waals surface area contributed by atoms with E-state index in [4.69, 9.17) is 16.3 Å². The van der Waals surface area contributed by atoms with Crippen LogP contribution in [0.5, 0.6) is 0 Å². The number of likely N-dealkylation sites (tertiary alicyclic amines) is 1. The molecule has 3 rings (SSSR count). The zero-order valence-electron chi connectivity index (χ0n) is 16.0. The third-order valence-electron chi connectivity index (χ3n) is 5.02. The van der Waals surface area contributed by atoms with Gasteiger partial charge in [0.1, 0.15) is 16.5 Å². The number of amides is 1. The summed E-state index contributed by atoms with van der Waals surface area (Å²) in [6, 6.07) is 5.78. The van der Waals surface area contributed by atoms with Crippen molar-refractivity contribution in [2.24, 2.45) is 0 Å². The summed E-state index contributed by atoms with van der Waals surface area (Å²) in [7, 11) is 0. The van der Waals surface area contributed by atoms with Crippen LogP contribution in [0.3, 0.4) is 0 Å². The number of halogens is 2. The molecule has 1 aliphatic rings. The number of aromatic nitrogens is 2. The number of hydrogen-bond acceptors (Lipinski definition) is 4. The van der Waals surface area contributed by atoms with Crippen LogP contribution in [0.25, 0.3) is 5.69 Å². The molecule has 0 spiro atoms. The van der Waals surface area contributed by atoms with E-state index >= 15 is 0 Å². The van der Waals surface area contributed by atoms with Gasteiger partial charge < -0.3 is 9.64 Å². The Morgan fingerprint density at radius 3 is 2.68 bits per heavy atom. The Balaban J connectivity index is 1.71. The van der Waals surface area contributed by atoms with Gasteiger partial charge in [-0.1, -0.05) is 18.5 Å². The van der Waals surface area contributed by atoms with Gasteiger partial charge in [-0.25, -0.2) is 13.9 Å². The first-order valence-electron chi connectivity index (χ1n) is 9.40. The van der Waals surface area contributed by atoms with E-state index in [1.807, 2.05) is 0 Å². The van der Waals surface area contributed by atoms with Crippen LogP contribution in [0.4, 0.5) is 4.39 Å². The number of aryl methyl sites for hydroxylation is 1. The lowest BCUT2D eigenvalue weighted by Crippen LogP contribution is -2.45. The molecule has 0 bridgehead atoms. The van der Waals surface area contributed by atoms with Crippen molar-refractivity contribution in [1.82, 2.24) is 14.7 Å². The second-order valence-electron chi connectivity index (χ2n) is 6.86. The van der Waals surface area contributed by atoms with E-state index in [1.54, 1.807) is 11.8 Å². The van der Waals surface area contributed by atoms with Gasteiger partial charge in [0.25, 0.3) is 5.91 Å². The Morgan fingerprint density at radius 1 is 1.29 bits per heavy atom. The van der Waals surface area contributed by atoms with Gasteiger partial charge in [0.05, 0.1) is 11.4 Å². The summed E-state index contributed by atoms with van der Waals surface area (Å²) in [6.07, 6.45) is 3.94. The summed E-state index contributed by atoms with van der Waals surface area (Å²) in [6.45, 7) is 4.04. The minimum absolute atomic E-state index is 0.0611. The minimum atomic E-state index is -0.700. The van der Waals surface area contributed by atoms with Crippen LogP contribution < -0.4 is 0 Å². The zero-order chi connectivity index (χ0) is 20.3. The van der Waals surface area contributed by atoms with Crippen LogP contribution in [0.1, 0.15) is 48.7 Å². The normalized spacial score (nSPS) is 16.9. The highest BCUT2D eigenvalue weighted by Crippen LogP contribution is 2.25. The number of ether oxygens (including phenoxy) is 1. The first-order valence-corrected chi connectivity index (χ1v) is 9.77. The number of carbonyl (C=O) groups excluding carboxylic acids is 2. The molecule has 1 aromatic heterocycles. The maximum atomic E-state index is 13.1. The first kappa shape index (κ1) is 20.3. The van der Waals surface area contributed by atoms with Crippen LogP contribution >= 0.6 is 11.6 Å². The van der Waals surface area contributed by atoms with Gasteiger partial charge in [-0.3, -0.25) is 4.79 Å². The maximum Gasteiger partial charge on any atom is 0.343 e. The van der Waals surface area contributed by atoms with E-state index in [0.717, 1.165) is 25.7 Å². The molecule has 1 aromatic carbocycles. The second kappa shape index (κ2) is 8.73. The molecule has 1 unspecified atom stereocenters. The molecule has 1 saturated heterocycles. The number of benzene rings is 1. The fourth-order valence-electron chi connectivity index (χ4n) is 3.52. The Morgan fingerprint density at radius 2 is 2.00 bits per heavy atom. The fraction of sp³-hybridized carbons (Fsp3) is 0.450. The molecule has 8 heteroatoms. The van der Waals surface area contributed by atoms with Crippen LogP contribution in [-0.4, -0.2) is 45.8 Å². The van der Waals surface area contributed by atoms with Crippen LogP contribution in [0.2, 0.25) is 5.15 Å². The molecule has 0 saturated carbocycles. The van der Waals surface area contributed by atoms with E-state index < -0.39 is 5.97 Å². The minimum Gasteiger partial charge on any atom is -0.452 e. The lowest BCUT2D eigenvalue weighted by Gasteiger charge is -2.35. The molecule has 1 atom stereocenters. The maximum absolute atomic E-state index is 13.1. The predicted octanol–water partition coefficient (Wildman–Crippen LogP) is 3.92. The van der Waals surface area contributed by atoms with Gasteiger partial charge in [0, 0.05) is 12.6 Å². The Kier molecular flexibility index (Phi) is 6.34. The number of rotatable bonds is 5. The highest BCUT2D eigenvalue weighted by Gasteiger charge is 2.28. The van der Waals surface area contributed by atoms with E-state index in [1.165, 1.54) is 28.9 Å². The fourth-order valence-corrected chi connectivity index (χ4v) is 3.87. The van der Waals surface area contributed by atoms with Gasteiger partial charge >= 0.3 is 5.97 Å². The molecule has 0 radical (unpaired) electrons. The smallest absolute Gasteiger partial charge is 0.343 e. The van der Waals surface area contributed by atoms with Gasteiger partial charge in [0.15, 0.2) is 6.61 Å². The van der Waals surface area contributed by atoms with Crippen molar-refractivity contribution in [3.05, 3.63) is 46.5 Å². The average molecular weight is 408 g/mol. The average Bonchev–Trinajstić information content (AvgIpc) is 3.00. The molecule has 150 valence electrons. The number of esters is 1. The first-order chi connectivity index (χ1) is 13.4. The zero-order valence-corrected chi connectivity index (χ0v) is 16.7. The van der Waals surface area contributed by atoms with Crippen LogP contribution in [-0.2, 0) is 9.53 Å². The SMILES string of the molecule is CCC1CCCCN1C(=O)COC(=O)c1c(C)nn(-c2ccc(F)cc2)c1Cl. The van der Waals surface area contributed by atoms with E-state index in [2.05, 4.69) is 12.0 Å². The highest BCUT2D eigenvalue weighted by atomic mass is 35.5. The molecular weight excluding hydrogens is 385 g/mol. The van der Waals surface area contributed by atoms with Crippen molar-refractivity contribution in [1.29, 1.82) is 0 Å². The number of carbonyl (C=O) groups is 2. The molecule has 2 heterocycles. The number of piperidine rings is 1. The van der Waals surface area contributed by atoms with Crippen molar-refractivity contribution in [2.45, 2.75) is 45.6 Å². The Bertz CT molecular complexity index is 866. The lowest BCUT2D eigenvalue weighted by atomic mass is 10.00. The monoisotopic (exact) mass is 407 g/mol. The largest absolute Gasteiger partial charge is 0.452 e. The molecule has 0 N–H and O–H groups in total. The molecule has 28 heavy (non-hydrogen) atoms. The van der Waals surface area contributed by atoms with Crippen molar-refractivity contribution < 1.29 is 18.7 Å². The van der Waals surface area contributed by atoms with Crippen molar-refractivity contribution in [3.8, 4) is 5.69 Å². The molecule has 2 aromatic rings. The van der Waals surface area contributed by atoms with Crippen LogP contribution in [0, 0.1) is 12.7 Å². The summed E-state index contributed by atoms with van der Waals surface area (Å²) in [5, 5.41) is 4.30. The quantitative estimate of drug-likeness (QED) is 0.704. The molecule has 1 amide bonds. The van der Waals surface area contributed by atoms with Crippen molar-refractivity contribution in [2.75, 3.05) is 13.2 Å². The van der Waals surface area contributed by atoms with Crippen molar-refractivity contribution >= 4 is 23.5 Å². The summed E-state index contributed by atoms with van der Waals surface area (Å²) >= 11 is 6.32. The summed E-state index contributed by atoms with van der Waals surface area (Å²) in [4.78, 5) is 26.8. The Hall–Kier alpha value is -2.41. The third-order valence-corrected chi connectivity index (χ3v) is 5.37. The van der Waals surface area contributed by atoms with E-state index in [9.17, 15) is 14.0 Å². The van der Waals surface area contributed by atoms with Crippen LogP contribution in [0.15, 0.2) is 24.3 Å². The standard InChI is InChI=1S/C20H23ClFN3O3/c1-3-15-6-4-5-11-24(15)17(26)12-28-20(27)18-13(2)23-25(19(18)21)16-9-7-14(22)8-10-16/h7-10,15H,3-6,11-12H2,1-2H3. The predicted molar refractivity (Wildman–Crippen MR) is 103 cm³/mol. The van der Waals surface area contributed by atoms with Gasteiger partial charge in [-0.2, -0.15) is 5.10 Å². The van der Waals surface area contributed by atoms with Gasteiger partial charge in [-0.05, 0) is 56.9 Å². The van der Waals surface area contributed by atoms with Gasteiger partial charge in [0.2, 0.25) is 0 Å². The second-order valence-corrected chi connectivity index (χ2v) is 7.22. The summed E-state index contributed by atoms with van der Waals surface area (Å²) < 4.78 is 19.7. The molecular formula is C20H23ClFN3O3. The summed E-state index contributed by atoms with van der Waals surface area (Å²) in [5.41, 5.74) is 0.990. The topological polar surface area (TPSA) is 64.4 Å². The van der Waals surface area contributed by atoms with Gasteiger partial charge in [-0.15, -0.1) is 0 Å². The number of nitrogens with zero attached hydrogens (tertiary/aromatic N) is 3. The lowest BCUT2D eigenvalue weighted by molar-refractivity contribution is -0.138. The molecule has 1 fully saturated rings. The van der Waals surface area contributed by atoms with E-state index in [-0.39, 0.29) is 35.1 Å². The summed E-state index contributed by atoms with van der Waals surface area (Å²) in [5.74, 6) is -1.28. The Labute approximate surface area is 168 Å². The molecule has 1 aliphatic heterocycles. The van der Waals surface area contributed by atoms with E-state index in [0.29, 0.717) is 17.9 Å². The molecule has 6 nitrogen and oxygen atoms in total. The highest BCUT2D eigenvalue weighted by molar-refractivity contribution is 6.33. The molecule has 0 aliphatic carbocycles. The third kappa shape index (κ3) is 4.19. The van der Waals surface area contributed by atoms with Crippen molar-refractivity contribution in [3.63, 3.8) is 0 Å².